The maximum absolute atomic E-state index is 13.1. The van der Waals surface area contributed by atoms with Gasteiger partial charge >= 0.3 is 0 Å². The van der Waals surface area contributed by atoms with Crippen LogP contribution in [0.3, 0.4) is 0 Å². The van der Waals surface area contributed by atoms with E-state index < -0.39 is 17.7 Å². The van der Waals surface area contributed by atoms with Gasteiger partial charge in [0.05, 0.1) is 37.1 Å². The Morgan fingerprint density at radius 3 is 2.28 bits per heavy atom. The van der Waals surface area contributed by atoms with E-state index in [2.05, 4.69) is 5.32 Å². The Bertz CT molecular complexity index is 1290. The molecule has 0 aromatic heterocycles. The highest BCUT2D eigenvalue weighted by Crippen LogP contribution is 2.32. The highest BCUT2D eigenvalue weighted by Gasteiger charge is 2.37. The largest absolute Gasteiger partial charge is 0.494 e. The number of ether oxygens (including phenoxy) is 4. The molecule has 36 heavy (non-hydrogen) atoms. The molecule has 0 spiro atoms. The lowest BCUT2D eigenvalue weighted by atomic mass is 10.1. The van der Waals surface area contributed by atoms with E-state index in [0.29, 0.717) is 48.4 Å². The van der Waals surface area contributed by atoms with E-state index in [1.807, 2.05) is 6.92 Å². The average molecular weight is 491 g/mol. The van der Waals surface area contributed by atoms with Crippen LogP contribution in [-0.4, -0.2) is 51.8 Å². The first kappa shape index (κ1) is 24.7. The van der Waals surface area contributed by atoms with Gasteiger partial charge in [-0.05, 0) is 61.5 Å². The molecule has 3 aromatic carbocycles. The fraction of sp³-hybridized carbons (Fsp3) is 0.222. The van der Waals surface area contributed by atoms with E-state index in [1.165, 1.54) is 25.3 Å². The van der Waals surface area contributed by atoms with Crippen LogP contribution in [0.1, 0.15) is 38.0 Å². The third-order valence-corrected chi connectivity index (χ3v) is 5.52. The number of nitrogens with one attached hydrogen (secondary N) is 1. The summed E-state index contributed by atoms with van der Waals surface area (Å²) in [6.07, 6.45) is 0. The second-order valence-corrected chi connectivity index (χ2v) is 7.79. The van der Waals surface area contributed by atoms with E-state index in [0.717, 1.165) is 4.90 Å². The van der Waals surface area contributed by atoms with Crippen LogP contribution in [0.25, 0.3) is 0 Å². The molecule has 0 atom stereocenters. The first-order valence-electron chi connectivity index (χ1n) is 11.3. The second kappa shape index (κ2) is 10.9. The minimum absolute atomic E-state index is 0.167. The van der Waals surface area contributed by atoms with Crippen molar-refractivity contribution >= 4 is 29.1 Å². The molecule has 0 bridgehead atoms. The van der Waals surface area contributed by atoms with Gasteiger partial charge in [0.1, 0.15) is 12.4 Å². The molecule has 0 unspecified atom stereocenters. The number of methoxy groups -OCH3 is 2. The van der Waals surface area contributed by atoms with Crippen LogP contribution in [0.5, 0.6) is 17.2 Å². The number of carbonyl (C=O) groups excluding carboxylic acids is 3. The monoisotopic (exact) mass is 490 g/mol. The Hall–Kier alpha value is -4.37. The Kier molecular flexibility index (Phi) is 7.50. The molecule has 1 N–H and O–H groups in total. The molecule has 0 saturated heterocycles. The maximum Gasteiger partial charge on any atom is 0.266 e. The van der Waals surface area contributed by atoms with Gasteiger partial charge in [-0.3, -0.25) is 14.4 Å². The van der Waals surface area contributed by atoms with Gasteiger partial charge < -0.3 is 24.3 Å². The van der Waals surface area contributed by atoms with Crippen molar-refractivity contribution in [3.8, 4) is 17.2 Å². The summed E-state index contributed by atoms with van der Waals surface area (Å²) in [5, 5.41) is 2.79. The molecule has 0 saturated carbocycles. The lowest BCUT2D eigenvalue weighted by molar-refractivity contribution is 0.0925. The van der Waals surface area contributed by atoms with Gasteiger partial charge in [-0.15, -0.1) is 0 Å². The van der Waals surface area contributed by atoms with Crippen molar-refractivity contribution in [2.45, 2.75) is 6.92 Å². The van der Waals surface area contributed by atoms with Gasteiger partial charge in [-0.1, -0.05) is 0 Å². The molecule has 3 aromatic rings. The predicted octanol–water partition coefficient (Wildman–Crippen LogP) is 4.17. The fourth-order valence-corrected chi connectivity index (χ4v) is 3.78. The number of carbonyl (C=O) groups is 3. The van der Waals surface area contributed by atoms with Crippen LogP contribution < -0.4 is 24.4 Å². The molecule has 4 rings (SSSR count). The Labute approximate surface area is 208 Å². The molecule has 3 amide bonds. The first-order valence-corrected chi connectivity index (χ1v) is 11.3. The molecule has 0 radical (unpaired) electrons. The van der Waals surface area contributed by atoms with Crippen molar-refractivity contribution in [3.63, 3.8) is 0 Å². The summed E-state index contributed by atoms with van der Waals surface area (Å²) in [6, 6.07) is 16.1. The molecular formula is C27H26N2O7. The summed E-state index contributed by atoms with van der Waals surface area (Å²) in [5.74, 6) is 0.229. The van der Waals surface area contributed by atoms with Gasteiger partial charge in [-0.25, -0.2) is 4.90 Å². The number of benzene rings is 3. The number of imide groups is 1. The van der Waals surface area contributed by atoms with Crippen LogP contribution in [0.2, 0.25) is 0 Å². The zero-order valence-corrected chi connectivity index (χ0v) is 20.2. The summed E-state index contributed by atoms with van der Waals surface area (Å²) in [6.45, 7) is 3.09. The van der Waals surface area contributed by atoms with Crippen molar-refractivity contribution in [1.29, 1.82) is 0 Å². The number of amides is 3. The minimum atomic E-state index is -0.493. The molecule has 9 heteroatoms. The number of rotatable bonds is 10. The van der Waals surface area contributed by atoms with E-state index in [1.54, 1.807) is 49.6 Å². The van der Waals surface area contributed by atoms with E-state index in [-0.39, 0.29) is 16.7 Å². The number of anilines is 2. The summed E-state index contributed by atoms with van der Waals surface area (Å²) >= 11 is 0. The predicted molar refractivity (Wildman–Crippen MR) is 134 cm³/mol. The zero-order chi connectivity index (χ0) is 25.7. The minimum Gasteiger partial charge on any atom is -0.494 e. The van der Waals surface area contributed by atoms with Crippen molar-refractivity contribution in [2.24, 2.45) is 0 Å². The van der Waals surface area contributed by atoms with E-state index >= 15 is 0 Å². The lowest BCUT2D eigenvalue weighted by Crippen LogP contribution is -2.29. The van der Waals surface area contributed by atoms with Crippen molar-refractivity contribution in [2.75, 3.05) is 44.3 Å². The summed E-state index contributed by atoms with van der Waals surface area (Å²) in [4.78, 5) is 40.1. The quantitative estimate of drug-likeness (QED) is 0.336. The Morgan fingerprint density at radius 2 is 1.58 bits per heavy atom. The SMILES string of the molecule is CCOc1ccc(N2C(=O)c3ccc(C(=O)Nc4ccc(OC)c(OCCOC)c4)cc3C2=O)cc1. The normalized spacial score (nSPS) is 12.4. The maximum atomic E-state index is 13.1. The van der Waals surface area contributed by atoms with Crippen molar-refractivity contribution in [3.05, 3.63) is 77.4 Å². The standard InChI is InChI=1S/C27H26N2O7/c1-4-35-20-9-7-19(8-10-20)29-26(31)21-11-5-17(15-22(21)27(29)32)25(30)28-18-6-12-23(34-3)24(16-18)36-14-13-33-2/h5-12,15-16H,4,13-14H2,1-3H3,(H,28,30). The highest BCUT2D eigenvalue weighted by atomic mass is 16.5. The Morgan fingerprint density at radius 1 is 0.833 bits per heavy atom. The van der Waals surface area contributed by atoms with Crippen LogP contribution in [0.4, 0.5) is 11.4 Å². The smallest absolute Gasteiger partial charge is 0.266 e. The van der Waals surface area contributed by atoms with Crippen molar-refractivity contribution < 1.29 is 33.3 Å². The molecule has 1 heterocycles. The van der Waals surface area contributed by atoms with Crippen LogP contribution in [-0.2, 0) is 4.74 Å². The molecule has 9 nitrogen and oxygen atoms in total. The third kappa shape index (κ3) is 5.01. The summed E-state index contributed by atoms with van der Waals surface area (Å²) < 4.78 is 21.4. The number of hydrogen-bond acceptors (Lipinski definition) is 7. The molecule has 0 fully saturated rings. The average Bonchev–Trinajstić information content (AvgIpc) is 3.14. The van der Waals surface area contributed by atoms with Gasteiger partial charge in [-0.2, -0.15) is 0 Å². The number of hydrogen-bond donors (Lipinski definition) is 1. The molecule has 1 aliphatic heterocycles. The number of nitrogens with zero attached hydrogens (tertiary/aromatic N) is 1. The molecular weight excluding hydrogens is 464 g/mol. The van der Waals surface area contributed by atoms with Gasteiger partial charge in [0.25, 0.3) is 17.7 Å². The third-order valence-electron chi connectivity index (χ3n) is 5.52. The summed E-state index contributed by atoms with van der Waals surface area (Å²) in [7, 11) is 3.10. The molecule has 186 valence electrons. The van der Waals surface area contributed by atoms with Gasteiger partial charge in [0.15, 0.2) is 11.5 Å². The molecule has 1 aliphatic rings. The second-order valence-electron chi connectivity index (χ2n) is 7.79. The van der Waals surface area contributed by atoms with Crippen LogP contribution >= 0.6 is 0 Å². The van der Waals surface area contributed by atoms with Crippen LogP contribution in [0, 0.1) is 0 Å². The van der Waals surface area contributed by atoms with Gasteiger partial charge in [0.2, 0.25) is 0 Å². The molecule has 0 aliphatic carbocycles. The lowest BCUT2D eigenvalue weighted by Gasteiger charge is -2.14. The van der Waals surface area contributed by atoms with E-state index in [9.17, 15) is 14.4 Å². The van der Waals surface area contributed by atoms with Gasteiger partial charge in [0, 0.05) is 24.4 Å². The highest BCUT2D eigenvalue weighted by molar-refractivity contribution is 6.34. The Balaban J connectivity index is 1.52. The van der Waals surface area contributed by atoms with E-state index in [4.69, 9.17) is 18.9 Å². The van der Waals surface area contributed by atoms with Crippen LogP contribution in [0.15, 0.2) is 60.7 Å². The topological polar surface area (TPSA) is 103 Å². The summed E-state index contributed by atoms with van der Waals surface area (Å²) in [5.41, 5.74) is 1.55. The first-order chi connectivity index (χ1) is 17.5. The fourth-order valence-electron chi connectivity index (χ4n) is 3.78. The zero-order valence-electron chi connectivity index (χ0n) is 20.2. The van der Waals surface area contributed by atoms with Crippen molar-refractivity contribution in [1.82, 2.24) is 0 Å². The number of fused-ring (bicyclic) bond motifs is 1.